The van der Waals surface area contributed by atoms with E-state index in [4.69, 9.17) is 9.84 Å². The lowest BCUT2D eigenvalue weighted by Gasteiger charge is -2.13. The van der Waals surface area contributed by atoms with E-state index in [1.54, 1.807) is 18.2 Å². The van der Waals surface area contributed by atoms with Crippen molar-refractivity contribution in [3.63, 3.8) is 0 Å². The molecule has 3 rings (SSSR count). The Balaban J connectivity index is 1.58. The van der Waals surface area contributed by atoms with Gasteiger partial charge < -0.3 is 15.2 Å². The quantitative estimate of drug-likeness (QED) is 0.833. The van der Waals surface area contributed by atoms with Crippen LogP contribution in [0.5, 0.6) is 5.75 Å². The molecule has 0 saturated heterocycles. The van der Waals surface area contributed by atoms with Crippen LogP contribution in [0.15, 0.2) is 48.5 Å². The second-order valence-electron chi connectivity index (χ2n) is 6.82. The molecule has 0 spiro atoms. The molecule has 0 heterocycles. The zero-order valence-corrected chi connectivity index (χ0v) is 14.8. The number of hydrogen-bond donors (Lipinski definition) is 2. The monoisotopic (exact) mass is 353 g/mol. The number of aryl methyl sites for hydroxylation is 1. The Hall–Kier alpha value is -2.82. The van der Waals surface area contributed by atoms with Gasteiger partial charge in [0.2, 0.25) is 0 Å². The van der Waals surface area contributed by atoms with Crippen LogP contribution in [-0.2, 0) is 11.4 Å². The van der Waals surface area contributed by atoms with Gasteiger partial charge in [-0.25, -0.2) is 0 Å². The average molecular weight is 353 g/mol. The van der Waals surface area contributed by atoms with E-state index in [1.165, 1.54) is 5.56 Å². The predicted octanol–water partition coefficient (Wildman–Crippen LogP) is 3.56. The highest BCUT2D eigenvalue weighted by molar-refractivity contribution is 5.94. The summed E-state index contributed by atoms with van der Waals surface area (Å²) in [5.74, 6) is -0.700. The minimum atomic E-state index is -0.784. The molecule has 2 atom stereocenters. The lowest BCUT2D eigenvalue weighted by atomic mass is 10.1. The molecule has 26 heavy (non-hydrogen) atoms. The van der Waals surface area contributed by atoms with Crippen molar-refractivity contribution in [3.05, 3.63) is 65.2 Å². The molecule has 0 aromatic heterocycles. The van der Waals surface area contributed by atoms with Gasteiger partial charge in [0, 0.05) is 11.6 Å². The summed E-state index contributed by atoms with van der Waals surface area (Å²) in [6, 6.07) is 15.1. The molecule has 0 bridgehead atoms. The molecule has 0 unspecified atom stereocenters. The van der Waals surface area contributed by atoms with E-state index in [2.05, 4.69) is 11.4 Å². The molecule has 0 radical (unpaired) electrons. The molecule has 136 valence electrons. The number of carboxylic acid groups (broad SMARTS) is 1. The fourth-order valence-corrected chi connectivity index (χ4v) is 3.30. The van der Waals surface area contributed by atoms with Crippen molar-refractivity contribution in [2.45, 2.75) is 38.8 Å². The number of aliphatic carboxylic acids is 1. The van der Waals surface area contributed by atoms with Crippen LogP contribution in [0.1, 0.15) is 40.7 Å². The van der Waals surface area contributed by atoms with Gasteiger partial charge in [-0.15, -0.1) is 0 Å². The zero-order chi connectivity index (χ0) is 18.5. The second-order valence-corrected chi connectivity index (χ2v) is 6.82. The van der Waals surface area contributed by atoms with Gasteiger partial charge in [-0.3, -0.25) is 9.59 Å². The molecular weight excluding hydrogens is 330 g/mol. The minimum Gasteiger partial charge on any atom is -0.489 e. The second kappa shape index (κ2) is 8.04. The lowest BCUT2D eigenvalue weighted by molar-refractivity contribution is -0.141. The van der Waals surface area contributed by atoms with E-state index in [0.717, 1.165) is 5.56 Å². The topological polar surface area (TPSA) is 75.6 Å². The first-order chi connectivity index (χ1) is 12.5. The van der Waals surface area contributed by atoms with Crippen LogP contribution in [0.2, 0.25) is 0 Å². The first-order valence-corrected chi connectivity index (χ1v) is 8.83. The molecular formula is C21H23NO4. The van der Waals surface area contributed by atoms with Crippen molar-refractivity contribution in [2.75, 3.05) is 0 Å². The summed E-state index contributed by atoms with van der Waals surface area (Å²) in [4.78, 5) is 23.5. The number of ether oxygens (including phenoxy) is 1. The van der Waals surface area contributed by atoms with Crippen LogP contribution in [0, 0.1) is 12.8 Å². The number of carboxylic acids is 1. The summed E-state index contributed by atoms with van der Waals surface area (Å²) in [7, 11) is 0. The van der Waals surface area contributed by atoms with Gasteiger partial charge in [-0.2, -0.15) is 0 Å². The van der Waals surface area contributed by atoms with Crippen molar-refractivity contribution in [2.24, 2.45) is 5.92 Å². The van der Waals surface area contributed by atoms with Gasteiger partial charge in [-0.05, 0) is 49.9 Å². The number of hydrogen-bond acceptors (Lipinski definition) is 3. The first kappa shape index (κ1) is 18.0. The number of carbonyl (C=O) groups excluding carboxylic acids is 1. The third-order valence-electron chi connectivity index (χ3n) is 4.70. The van der Waals surface area contributed by atoms with Gasteiger partial charge >= 0.3 is 5.97 Å². The van der Waals surface area contributed by atoms with E-state index in [1.807, 2.05) is 31.2 Å². The van der Waals surface area contributed by atoms with Crippen molar-refractivity contribution in [1.29, 1.82) is 0 Å². The van der Waals surface area contributed by atoms with Gasteiger partial charge in [0.25, 0.3) is 5.91 Å². The number of rotatable bonds is 6. The molecule has 1 aliphatic carbocycles. The fourth-order valence-electron chi connectivity index (χ4n) is 3.30. The standard InChI is InChI=1S/C21H23NO4/c1-14-4-2-5-15(10-14)13-26-19-7-3-6-16(12-19)20(23)22-18-9-8-17(11-18)21(24)25/h2-7,10,12,17-18H,8-9,11,13H2,1H3,(H,22,23)(H,24,25)/t17-,18+/m1/s1. The van der Waals surface area contributed by atoms with E-state index in [0.29, 0.717) is 37.2 Å². The highest BCUT2D eigenvalue weighted by atomic mass is 16.5. The predicted molar refractivity (Wildman–Crippen MR) is 98.2 cm³/mol. The van der Waals surface area contributed by atoms with Crippen molar-refractivity contribution >= 4 is 11.9 Å². The minimum absolute atomic E-state index is 0.0829. The number of benzene rings is 2. The van der Waals surface area contributed by atoms with Crippen LogP contribution >= 0.6 is 0 Å². The number of amides is 1. The lowest BCUT2D eigenvalue weighted by Crippen LogP contribution is -2.33. The molecule has 5 heteroatoms. The maximum absolute atomic E-state index is 12.4. The highest BCUT2D eigenvalue weighted by Gasteiger charge is 2.30. The van der Waals surface area contributed by atoms with E-state index in [-0.39, 0.29) is 17.9 Å². The van der Waals surface area contributed by atoms with Gasteiger partial charge in [0.05, 0.1) is 5.92 Å². The van der Waals surface area contributed by atoms with Gasteiger partial charge in [0.1, 0.15) is 12.4 Å². The van der Waals surface area contributed by atoms with Crippen molar-refractivity contribution in [3.8, 4) is 5.75 Å². The molecule has 2 aromatic rings. The molecule has 1 fully saturated rings. The maximum Gasteiger partial charge on any atom is 0.306 e. The third kappa shape index (κ3) is 4.63. The summed E-state index contributed by atoms with van der Waals surface area (Å²) in [5, 5.41) is 12.0. The van der Waals surface area contributed by atoms with E-state index >= 15 is 0 Å². The summed E-state index contributed by atoms with van der Waals surface area (Å²) in [6.07, 6.45) is 1.80. The average Bonchev–Trinajstić information content (AvgIpc) is 3.09. The summed E-state index contributed by atoms with van der Waals surface area (Å²) in [5.41, 5.74) is 2.77. The van der Waals surface area contributed by atoms with Crippen molar-refractivity contribution < 1.29 is 19.4 Å². The number of carbonyl (C=O) groups is 2. The summed E-state index contributed by atoms with van der Waals surface area (Å²) in [6.45, 7) is 2.47. The molecule has 2 aromatic carbocycles. The third-order valence-corrected chi connectivity index (χ3v) is 4.70. The Morgan fingerprint density at radius 2 is 1.96 bits per heavy atom. The summed E-state index contributed by atoms with van der Waals surface area (Å²) < 4.78 is 5.80. The smallest absolute Gasteiger partial charge is 0.306 e. The van der Waals surface area contributed by atoms with E-state index < -0.39 is 5.97 Å². The van der Waals surface area contributed by atoms with Gasteiger partial charge in [0.15, 0.2) is 0 Å². The number of nitrogens with one attached hydrogen (secondary N) is 1. The van der Waals surface area contributed by atoms with E-state index in [9.17, 15) is 9.59 Å². The highest BCUT2D eigenvalue weighted by Crippen LogP contribution is 2.26. The van der Waals surface area contributed by atoms with Crippen LogP contribution in [0.25, 0.3) is 0 Å². The van der Waals surface area contributed by atoms with Crippen LogP contribution in [-0.4, -0.2) is 23.0 Å². The molecule has 1 saturated carbocycles. The Morgan fingerprint density at radius 1 is 1.15 bits per heavy atom. The van der Waals surface area contributed by atoms with Crippen LogP contribution in [0.3, 0.4) is 0 Å². The Morgan fingerprint density at radius 3 is 2.69 bits per heavy atom. The van der Waals surface area contributed by atoms with Crippen LogP contribution in [0.4, 0.5) is 0 Å². The fraction of sp³-hybridized carbons (Fsp3) is 0.333. The van der Waals surface area contributed by atoms with Crippen LogP contribution < -0.4 is 10.1 Å². The molecule has 1 aliphatic rings. The maximum atomic E-state index is 12.4. The Bertz CT molecular complexity index is 802. The van der Waals surface area contributed by atoms with Gasteiger partial charge in [-0.1, -0.05) is 35.9 Å². The normalized spacial score (nSPS) is 19.1. The molecule has 5 nitrogen and oxygen atoms in total. The first-order valence-electron chi connectivity index (χ1n) is 8.83. The summed E-state index contributed by atoms with van der Waals surface area (Å²) >= 11 is 0. The largest absolute Gasteiger partial charge is 0.489 e. The Kier molecular flexibility index (Phi) is 5.56. The molecule has 1 amide bonds. The zero-order valence-electron chi connectivity index (χ0n) is 14.8. The molecule has 2 N–H and O–H groups in total. The van der Waals surface area contributed by atoms with Crippen molar-refractivity contribution in [1.82, 2.24) is 5.32 Å². The Labute approximate surface area is 153 Å². The SMILES string of the molecule is Cc1cccc(COc2cccc(C(=O)N[C@H]3CC[C@@H](C(=O)O)C3)c2)c1. The molecule has 0 aliphatic heterocycles.